The van der Waals surface area contributed by atoms with Crippen LogP contribution in [0.4, 0.5) is 0 Å². The lowest BCUT2D eigenvalue weighted by atomic mass is 9.77. The summed E-state index contributed by atoms with van der Waals surface area (Å²) in [5.74, 6) is -1.89. The van der Waals surface area contributed by atoms with Crippen molar-refractivity contribution in [1.29, 1.82) is 0 Å². The summed E-state index contributed by atoms with van der Waals surface area (Å²) in [5.41, 5.74) is -0.00177. The predicted octanol–water partition coefficient (Wildman–Crippen LogP) is 7.03. The van der Waals surface area contributed by atoms with Crippen molar-refractivity contribution in [2.24, 2.45) is 21.7 Å². The van der Waals surface area contributed by atoms with Crippen molar-refractivity contribution in [3.05, 3.63) is 58.7 Å². The molecular formula is C32H44O6. The molecule has 2 N–H and O–H groups in total. The van der Waals surface area contributed by atoms with Gasteiger partial charge in [-0.3, -0.25) is 19.2 Å². The Balaban J connectivity index is 2.16. The van der Waals surface area contributed by atoms with Crippen LogP contribution in [0.3, 0.4) is 0 Å². The molecule has 0 aromatic carbocycles. The highest BCUT2D eigenvalue weighted by molar-refractivity contribution is 6.13. The highest BCUT2D eigenvalue weighted by Gasteiger charge is 2.31. The van der Waals surface area contributed by atoms with Crippen LogP contribution < -0.4 is 0 Å². The van der Waals surface area contributed by atoms with Crippen molar-refractivity contribution in [1.82, 2.24) is 0 Å². The maximum atomic E-state index is 13.3. The first-order chi connectivity index (χ1) is 17.3. The lowest BCUT2D eigenvalue weighted by Gasteiger charge is -2.26. The van der Waals surface area contributed by atoms with Crippen LogP contribution in [-0.2, 0) is 19.2 Å². The van der Waals surface area contributed by atoms with Crippen LogP contribution in [0.2, 0.25) is 0 Å². The molecule has 0 atom stereocenters. The Hall–Kier alpha value is -3.02. The summed E-state index contributed by atoms with van der Waals surface area (Å²) in [7, 11) is 0. The van der Waals surface area contributed by atoms with E-state index in [1.54, 1.807) is 39.8 Å². The summed E-state index contributed by atoms with van der Waals surface area (Å²) < 4.78 is 0. The zero-order valence-electron chi connectivity index (χ0n) is 24.2. The number of carboxylic acid groups (broad SMARTS) is 2. The third-order valence-corrected chi connectivity index (χ3v) is 7.35. The zero-order valence-corrected chi connectivity index (χ0v) is 24.2. The Morgan fingerprint density at radius 3 is 1.29 bits per heavy atom. The van der Waals surface area contributed by atoms with Crippen molar-refractivity contribution < 1.29 is 29.4 Å². The predicted molar refractivity (Wildman–Crippen MR) is 150 cm³/mol. The van der Waals surface area contributed by atoms with Gasteiger partial charge in [0.05, 0.1) is 10.8 Å². The minimum atomic E-state index is -0.849. The van der Waals surface area contributed by atoms with Gasteiger partial charge in [-0.2, -0.15) is 0 Å². The van der Waals surface area contributed by atoms with E-state index in [2.05, 4.69) is 0 Å². The van der Waals surface area contributed by atoms with Crippen LogP contribution in [0.5, 0.6) is 0 Å². The number of hydrogen-bond donors (Lipinski definition) is 2. The monoisotopic (exact) mass is 524 g/mol. The number of carbonyl (C=O) groups is 4. The molecule has 2 rings (SSSR count). The number of aliphatic carboxylic acids is 2. The molecule has 0 aliphatic heterocycles. The van der Waals surface area contributed by atoms with E-state index in [0.717, 1.165) is 0 Å². The fourth-order valence-electron chi connectivity index (χ4n) is 4.87. The normalized spacial score (nSPS) is 19.6. The lowest BCUT2D eigenvalue weighted by Crippen LogP contribution is -2.24. The molecule has 0 aromatic heterocycles. The van der Waals surface area contributed by atoms with Gasteiger partial charge in [0.1, 0.15) is 0 Å². The maximum absolute atomic E-state index is 13.3. The van der Waals surface area contributed by atoms with E-state index in [9.17, 15) is 29.4 Å². The molecule has 0 spiro atoms. The molecule has 38 heavy (non-hydrogen) atoms. The number of allylic oxidation sites excluding steroid dienone is 10. The minimum Gasteiger partial charge on any atom is -0.481 e. The first kappa shape index (κ1) is 31.2. The molecule has 0 heterocycles. The second-order valence-electron chi connectivity index (χ2n) is 13.3. The van der Waals surface area contributed by atoms with Gasteiger partial charge in [-0.25, -0.2) is 0 Å². The molecule has 0 amide bonds. The van der Waals surface area contributed by atoms with Crippen LogP contribution in [0.1, 0.15) is 93.9 Å². The Morgan fingerprint density at radius 1 is 0.684 bits per heavy atom. The van der Waals surface area contributed by atoms with Crippen molar-refractivity contribution >= 4 is 23.5 Å². The molecular weight excluding hydrogens is 480 g/mol. The maximum Gasteiger partial charge on any atom is 0.309 e. The highest BCUT2D eigenvalue weighted by atomic mass is 16.4. The summed E-state index contributed by atoms with van der Waals surface area (Å²) in [5, 5.41) is 18.7. The largest absolute Gasteiger partial charge is 0.481 e. The van der Waals surface area contributed by atoms with Crippen LogP contribution in [-0.4, -0.2) is 33.7 Å². The summed E-state index contributed by atoms with van der Waals surface area (Å²) in [6, 6.07) is 0. The van der Waals surface area contributed by atoms with Crippen molar-refractivity contribution in [3.8, 4) is 0 Å². The summed E-state index contributed by atoms with van der Waals surface area (Å²) in [6.45, 7) is 14.8. The van der Waals surface area contributed by atoms with E-state index in [1.165, 1.54) is 0 Å². The van der Waals surface area contributed by atoms with Gasteiger partial charge in [0.2, 0.25) is 0 Å². The van der Waals surface area contributed by atoms with Gasteiger partial charge in [-0.1, -0.05) is 64.2 Å². The van der Waals surface area contributed by atoms with E-state index < -0.39 is 22.8 Å². The van der Waals surface area contributed by atoms with E-state index >= 15 is 0 Å². The minimum absolute atomic E-state index is 0.0940. The molecule has 2 aliphatic rings. The third kappa shape index (κ3) is 8.24. The molecule has 208 valence electrons. The number of carboxylic acids is 2. The van der Waals surface area contributed by atoms with Crippen LogP contribution in [0.15, 0.2) is 58.7 Å². The van der Waals surface area contributed by atoms with E-state index in [0.29, 0.717) is 60.8 Å². The second kappa shape index (κ2) is 11.4. The van der Waals surface area contributed by atoms with E-state index in [1.807, 2.05) is 52.0 Å². The number of ketones is 2. The molecule has 0 radical (unpaired) electrons. The van der Waals surface area contributed by atoms with Gasteiger partial charge in [-0.15, -0.1) is 0 Å². The van der Waals surface area contributed by atoms with Crippen molar-refractivity contribution in [2.45, 2.75) is 93.9 Å². The average molecular weight is 525 g/mol. The van der Waals surface area contributed by atoms with Gasteiger partial charge in [0.15, 0.2) is 11.6 Å². The molecule has 0 fully saturated rings. The quantitative estimate of drug-likeness (QED) is 0.284. The topological polar surface area (TPSA) is 109 Å². The molecule has 0 aromatic rings. The highest BCUT2D eigenvalue weighted by Crippen LogP contribution is 2.36. The average Bonchev–Trinajstić information content (AvgIpc) is 2.76. The van der Waals surface area contributed by atoms with Crippen LogP contribution in [0.25, 0.3) is 0 Å². The molecule has 6 nitrogen and oxygen atoms in total. The number of carbonyl (C=O) groups excluding carboxylic acids is 2. The fourth-order valence-corrected chi connectivity index (χ4v) is 4.87. The van der Waals surface area contributed by atoms with Gasteiger partial charge in [0, 0.05) is 22.0 Å². The SMILES string of the molecule is CC1(C)C=C(/C=C/C2=CC(C)(C)C=C(CCCC(C)(C)C(=O)O)C2=O)C(=O)C(CCCC(C)(C)C(=O)O)=C1. The number of Topliss-reactive ketones (excluding diaryl/α,β-unsaturated/α-hetero) is 2. The molecule has 6 heteroatoms. The molecule has 0 unspecified atom stereocenters. The van der Waals surface area contributed by atoms with E-state index in [-0.39, 0.29) is 22.4 Å². The Morgan fingerprint density at radius 2 is 1.00 bits per heavy atom. The Kier molecular flexibility index (Phi) is 9.35. The standard InChI is InChI=1S/C32H44O6/c1-29(2)17-21(11-9-15-31(5,6)27(35)36)25(33)23(19-29)13-14-24-20-30(3,4)18-22(26(24)34)12-10-16-32(7,8)28(37)38/h13-14,17-20H,9-12,15-16H2,1-8H3,(H,35,36)(H,37,38)/b14-13+. The summed E-state index contributed by atoms with van der Waals surface area (Å²) in [6.07, 6.45) is 14.3. The molecule has 2 aliphatic carbocycles. The van der Waals surface area contributed by atoms with Gasteiger partial charge in [0.25, 0.3) is 0 Å². The number of rotatable bonds is 12. The Labute approximate surface area is 227 Å². The molecule has 0 saturated carbocycles. The fraction of sp³-hybridized carbons (Fsp3) is 0.562. The molecule has 0 bridgehead atoms. The van der Waals surface area contributed by atoms with Gasteiger partial charge >= 0.3 is 11.9 Å². The summed E-state index contributed by atoms with van der Waals surface area (Å²) >= 11 is 0. The van der Waals surface area contributed by atoms with E-state index in [4.69, 9.17) is 0 Å². The van der Waals surface area contributed by atoms with Crippen molar-refractivity contribution in [2.75, 3.05) is 0 Å². The van der Waals surface area contributed by atoms with Crippen LogP contribution in [0, 0.1) is 21.7 Å². The number of hydrogen-bond acceptors (Lipinski definition) is 4. The summed E-state index contributed by atoms with van der Waals surface area (Å²) in [4.78, 5) is 49.4. The zero-order chi connectivity index (χ0) is 29.1. The van der Waals surface area contributed by atoms with Crippen molar-refractivity contribution in [3.63, 3.8) is 0 Å². The Bertz CT molecular complexity index is 1060. The second-order valence-corrected chi connectivity index (χ2v) is 13.3. The van der Waals surface area contributed by atoms with Gasteiger partial charge < -0.3 is 10.2 Å². The lowest BCUT2D eigenvalue weighted by molar-refractivity contribution is -0.148. The smallest absolute Gasteiger partial charge is 0.309 e. The molecule has 0 saturated heterocycles. The first-order valence-corrected chi connectivity index (χ1v) is 13.4. The first-order valence-electron chi connectivity index (χ1n) is 13.4. The van der Waals surface area contributed by atoms with Crippen LogP contribution >= 0.6 is 0 Å². The third-order valence-electron chi connectivity index (χ3n) is 7.35. The van der Waals surface area contributed by atoms with Gasteiger partial charge in [-0.05, 0) is 77.4 Å².